The van der Waals surface area contributed by atoms with Crippen molar-refractivity contribution < 1.29 is 26.0 Å². The lowest BCUT2D eigenvalue weighted by Crippen LogP contribution is -2.38. The van der Waals surface area contributed by atoms with Gasteiger partial charge in [0.25, 0.3) is 0 Å². The van der Waals surface area contributed by atoms with E-state index in [1.807, 2.05) is 0 Å². The van der Waals surface area contributed by atoms with Crippen molar-refractivity contribution in [1.29, 1.82) is 0 Å². The molecular formula is C21H25FN4O5S2. The number of aryl methyl sites for hydroxylation is 1. The summed E-state index contributed by atoms with van der Waals surface area (Å²) >= 11 is 0. The van der Waals surface area contributed by atoms with E-state index in [1.54, 1.807) is 48.3 Å². The summed E-state index contributed by atoms with van der Waals surface area (Å²) < 4.78 is 74.8. The van der Waals surface area contributed by atoms with E-state index in [4.69, 9.17) is 4.74 Å². The first-order valence-electron chi connectivity index (χ1n) is 9.86. The lowest BCUT2D eigenvalue weighted by molar-refractivity contribution is 0.413. The van der Waals surface area contributed by atoms with Crippen LogP contribution in [0.4, 0.5) is 4.39 Å². The number of imidazole rings is 1. The Labute approximate surface area is 192 Å². The molecule has 0 saturated heterocycles. The van der Waals surface area contributed by atoms with Crippen LogP contribution in [0.1, 0.15) is 17.4 Å². The van der Waals surface area contributed by atoms with Gasteiger partial charge >= 0.3 is 0 Å². The Morgan fingerprint density at radius 3 is 2.45 bits per heavy atom. The molecule has 0 spiro atoms. The molecule has 1 heterocycles. The molecule has 0 saturated carbocycles. The predicted molar refractivity (Wildman–Crippen MR) is 121 cm³/mol. The van der Waals surface area contributed by atoms with Crippen molar-refractivity contribution in [2.45, 2.75) is 10.9 Å². The molecule has 0 aliphatic heterocycles. The molecule has 3 aromatic rings. The Morgan fingerprint density at radius 1 is 1.15 bits per heavy atom. The summed E-state index contributed by atoms with van der Waals surface area (Å²) in [6, 6.07) is 10.4. The Balaban J connectivity index is 1.80. The van der Waals surface area contributed by atoms with Crippen molar-refractivity contribution in [3.63, 3.8) is 0 Å². The third kappa shape index (κ3) is 5.96. The van der Waals surface area contributed by atoms with Gasteiger partial charge in [-0.15, -0.1) is 0 Å². The van der Waals surface area contributed by atoms with Gasteiger partial charge < -0.3 is 9.30 Å². The van der Waals surface area contributed by atoms with Crippen molar-refractivity contribution in [2.24, 2.45) is 7.05 Å². The lowest BCUT2D eigenvalue weighted by atomic mass is 10.1. The zero-order valence-corrected chi connectivity index (χ0v) is 20.0. The Morgan fingerprint density at radius 2 is 1.85 bits per heavy atom. The van der Waals surface area contributed by atoms with Crippen LogP contribution in [0.15, 0.2) is 65.8 Å². The molecule has 1 aromatic heterocycles. The fraction of sp³-hybridized carbons (Fsp3) is 0.286. The largest absolute Gasteiger partial charge is 0.497 e. The summed E-state index contributed by atoms with van der Waals surface area (Å²) in [4.78, 5) is 4.15. The van der Waals surface area contributed by atoms with Gasteiger partial charge in [-0.2, -0.15) is 4.31 Å². The fourth-order valence-corrected chi connectivity index (χ4v) is 5.66. The highest BCUT2D eigenvalue weighted by Gasteiger charge is 2.27. The molecule has 3 rings (SSSR count). The number of hydrogen-bond acceptors (Lipinski definition) is 6. The van der Waals surface area contributed by atoms with Crippen molar-refractivity contribution in [1.82, 2.24) is 18.6 Å². The molecule has 1 unspecified atom stereocenters. The highest BCUT2D eigenvalue weighted by atomic mass is 32.2. The maximum Gasteiger partial charge on any atom is 0.242 e. The number of aromatic nitrogens is 2. The topological polar surface area (TPSA) is 111 Å². The summed E-state index contributed by atoms with van der Waals surface area (Å²) in [5, 5.41) is 0. The van der Waals surface area contributed by atoms with Gasteiger partial charge in [-0.25, -0.2) is 30.9 Å². The molecular weight excluding hydrogens is 471 g/mol. The zero-order chi connectivity index (χ0) is 24.2. The van der Waals surface area contributed by atoms with E-state index < -0.39 is 37.7 Å². The van der Waals surface area contributed by atoms with Gasteiger partial charge in [-0.05, 0) is 42.0 Å². The minimum Gasteiger partial charge on any atom is -0.497 e. The molecule has 9 nitrogen and oxygen atoms in total. The average Bonchev–Trinajstić information content (AvgIpc) is 3.21. The standard InChI is InChI=1S/C21H25FN4O5S2/c1-25-12-11-23-21(25)20(16-5-4-6-18(15-16)31-3)24-32(27,28)14-13-26(2)33(29,30)19-9-7-17(22)8-10-19/h4-12,15,20,24H,13-14H2,1-3H3. The van der Waals surface area contributed by atoms with Gasteiger partial charge in [0.05, 0.1) is 17.8 Å². The first-order chi connectivity index (χ1) is 15.5. The fourth-order valence-electron chi connectivity index (χ4n) is 3.14. The summed E-state index contributed by atoms with van der Waals surface area (Å²) in [5.41, 5.74) is 0.611. The number of hydrogen-bond donors (Lipinski definition) is 1. The first-order valence-corrected chi connectivity index (χ1v) is 13.0. The van der Waals surface area contributed by atoms with Crippen LogP contribution in [0.25, 0.3) is 0 Å². The van der Waals surface area contributed by atoms with Crippen molar-refractivity contribution >= 4 is 20.0 Å². The van der Waals surface area contributed by atoms with Gasteiger partial charge in [0.1, 0.15) is 23.4 Å². The van der Waals surface area contributed by atoms with Gasteiger partial charge in [-0.1, -0.05) is 12.1 Å². The third-order valence-electron chi connectivity index (χ3n) is 5.04. The molecule has 0 radical (unpaired) electrons. The third-order valence-corrected chi connectivity index (χ3v) is 8.22. The monoisotopic (exact) mass is 496 g/mol. The number of sulfonamides is 2. The second kappa shape index (κ2) is 10.00. The van der Waals surface area contributed by atoms with E-state index in [-0.39, 0.29) is 11.4 Å². The number of rotatable bonds is 10. The molecule has 0 aliphatic rings. The minimum absolute atomic E-state index is 0.126. The van der Waals surface area contributed by atoms with Crippen LogP contribution in [0.3, 0.4) is 0 Å². The van der Waals surface area contributed by atoms with Crippen molar-refractivity contribution in [3.8, 4) is 5.75 Å². The van der Waals surface area contributed by atoms with E-state index in [1.165, 1.54) is 14.2 Å². The van der Waals surface area contributed by atoms with Gasteiger partial charge in [-0.3, -0.25) is 0 Å². The molecule has 0 bridgehead atoms. The van der Waals surface area contributed by atoms with Crippen LogP contribution in [-0.4, -0.2) is 57.1 Å². The Hall–Kier alpha value is -2.80. The van der Waals surface area contributed by atoms with E-state index in [2.05, 4.69) is 9.71 Å². The van der Waals surface area contributed by atoms with Gasteiger partial charge in [0, 0.05) is 33.0 Å². The summed E-state index contributed by atoms with van der Waals surface area (Å²) in [6.45, 7) is -0.305. The maximum absolute atomic E-state index is 13.1. The normalized spacial score (nSPS) is 13.2. The van der Waals surface area contributed by atoms with Crippen LogP contribution in [0, 0.1) is 5.82 Å². The first kappa shape index (κ1) is 24.8. The molecule has 1 N–H and O–H groups in total. The molecule has 33 heavy (non-hydrogen) atoms. The molecule has 0 aliphatic carbocycles. The number of nitrogens with zero attached hydrogens (tertiary/aromatic N) is 3. The molecule has 0 amide bonds. The quantitative estimate of drug-likeness (QED) is 0.459. The van der Waals surface area contributed by atoms with Crippen molar-refractivity contribution in [3.05, 3.63) is 78.1 Å². The van der Waals surface area contributed by atoms with E-state index in [0.717, 1.165) is 28.6 Å². The summed E-state index contributed by atoms with van der Waals surface area (Å²) in [6.07, 6.45) is 3.25. The highest BCUT2D eigenvalue weighted by molar-refractivity contribution is 7.90. The lowest BCUT2D eigenvalue weighted by Gasteiger charge is -2.21. The van der Waals surface area contributed by atoms with Crippen LogP contribution < -0.4 is 9.46 Å². The highest BCUT2D eigenvalue weighted by Crippen LogP contribution is 2.25. The molecule has 12 heteroatoms. The molecule has 1 atom stereocenters. The number of ether oxygens (including phenoxy) is 1. The van der Waals surface area contributed by atoms with Crippen LogP contribution >= 0.6 is 0 Å². The predicted octanol–water partition coefficient (Wildman–Crippen LogP) is 1.90. The number of halogens is 1. The minimum atomic E-state index is -3.98. The Bertz CT molecular complexity index is 1310. The number of nitrogens with one attached hydrogen (secondary N) is 1. The van der Waals surface area contributed by atoms with E-state index in [0.29, 0.717) is 17.1 Å². The smallest absolute Gasteiger partial charge is 0.242 e. The zero-order valence-electron chi connectivity index (χ0n) is 18.3. The van der Waals surface area contributed by atoms with Crippen LogP contribution in [0.5, 0.6) is 5.75 Å². The molecule has 178 valence electrons. The average molecular weight is 497 g/mol. The molecule has 0 fully saturated rings. The second-order valence-corrected chi connectivity index (χ2v) is 11.2. The number of benzene rings is 2. The summed E-state index contributed by atoms with van der Waals surface area (Å²) in [7, 11) is -3.40. The number of methoxy groups -OCH3 is 1. The van der Waals surface area contributed by atoms with E-state index in [9.17, 15) is 21.2 Å². The molecule has 2 aromatic carbocycles. The van der Waals surface area contributed by atoms with Gasteiger partial charge in [0.2, 0.25) is 20.0 Å². The second-order valence-electron chi connectivity index (χ2n) is 7.32. The van der Waals surface area contributed by atoms with E-state index >= 15 is 0 Å². The van der Waals surface area contributed by atoms with Crippen LogP contribution in [0.2, 0.25) is 0 Å². The van der Waals surface area contributed by atoms with Crippen molar-refractivity contribution in [2.75, 3.05) is 26.5 Å². The van der Waals surface area contributed by atoms with Gasteiger partial charge in [0.15, 0.2) is 0 Å². The van der Waals surface area contributed by atoms with Crippen LogP contribution in [-0.2, 0) is 27.1 Å². The SMILES string of the molecule is COc1cccc(C(NS(=O)(=O)CCN(C)S(=O)(=O)c2ccc(F)cc2)c2nccn2C)c1. The Kier molecular flexibility index (Phi) is 7.52. The maximum atomic E-state index is 13.1. The summed E-state index contributed by atoms with van der Waals surface area (Å²) in [5.74, 6) is -0.0501.